The number of aryl methyl sites for hydroxylation is 1. The van der Waals surface area contributed by atoms with Crippen molar-refractivity contribution in [2.24, 2.45) is 0 Å². The number of benzene rings is 1. The van der Waals surface area contributed by atoms with Crippen LogP contribution in [0.25, 0.3) is 11.1 Å². The third-order valence-corrected chi connectivity index (χ3v) is 2.26. The zero-order chi connectivity index (χ0) is 9.80. The SMILES string of the molecule is CCCc1ccc(-c2cnoc2)cc1. The number of hydrogen-bond acceptors (Lipinski definition) is 2. The molecule has 0 spiro atoms. The van der Waals surface area contributed by atoms with Crippen molar-refractivity contribution in [3.05, 3.63) is 42.3 Å². The third kappa shape index (κ3) is 1.84. The molecular formula is C12H13NO. The summed E-state index contributed by atoms with van der Waals surface area (Å²) in [6.45, 7) is 2.19. The first kappa shape index (κ1) is 9.00. The van der Waals surface area contributed by atoms with Crippen LogP contribution in [0.5, 0.6) is 0 Å². The second kappa shape index (κ2) is 4.09. The summed E-state index contributed by atoms with van der Waals surface area (Å²) in [7, 11) is 0. The van der Waals surface area contributed by atoms with Crippen LogP contribution in [0.1, 0.15) is 18.9 Å². The number of aromatic nitrogens is 1. The zero-order valence-electron chi connectivity index (χ0n) is 8.23. The molecule has 0 aliphatic heterocycles. The Kier molecular flexibility index (Phi) is 2.63. The Morgan fingerprint density at radius 3 is 2.50 bits per heavy atom. The highest BCUT2D eigenvalue weighted by molar-refractivity contribution is 5.61. The Morgan fingerprint density at radius 2 is 1.93 bits per heavy atom. The monoisotopic (exact) mass is 187 g/mol. The van der Waals surface area contributed by atoms with Gasteiger partial charge in [0.05, 0.1) is 6.20 Å². The van der Waals surface area contributed by atoms with Gasteiger partial charge in [-0.15, -0.1) is 0 Å². The van der Waals surface area contributed by atoms with Crippen LogP contribution in [0.2, 0.25) is 0 Å². The molecule has 0 saturated carbocycles. The highest BCUT2D eigenvalue weighted by Gasteiger charge is 1.99. The van der Waals surface area contributed by atoms with Crippen molar-refractivity contribution in [3.63, 3.8) is 0 Å². The molecular weight excluding hydrogens is 174 g/mol. The van der Waals surface area contributed by atoms with Gasteiger partial charge in [-0.05, 0) is 17.5 Å². The van der Waals surface area contributed by atoms with Crippen LogP contribution in [-0.2, 0) is 6.42 Å². The van der Waals surface area contributed by atoms with Gasteiger partial charge in [0, 0.05) is 5.56 Å². The van der Waals surface area contributed by atoms with E-state index in [1.807, 2.05) is 0 Å². The molecule has 0 bridgehead atoms. The predicted octanol–water partition coefficient (Wildman–Crippen LogP) is 3.29. The molecule has 0 saturated heterocycles. The van der Waals surface area contributed by atoms with Crippen molar-refractivity contribution in [3.8, 4) is 11.1 Å². The zero-order valence-corrected chi connectivity index (χ0v) is 8.23. The summed E-state index contributed by atoms with van der Waals surface area (Å²) in [6.07, 6.45) is 5.72. The summed E-state index contributed by atoms with van der Waals surface area (Å²) in [5.41, 5.74) is 3.58. The number of nitrogens with zero attached hydrogens (tertiary/aromatic N) is 1. The van der Waals surface area contributed by atoms with Gasteiger partial charge in [0.1, 0.15) is 6.26 Å². The van der Waals surface area contributed by atoms with E-state index < -0.39 is 0 Å². The lowest BCUT2D eigenvalue weighted by atomic mass is 10.1. The number of hydrogen-bond donors (Lipinski definition) is 0. The van der Waals surface area contributed by atoms with Gasteiger partial charge in [-0.2, -0.15) is 0 Å². The van der Waals surface area contributed by atoms with E-state index in [1.54, 1.807) is 12.5 Å². The van der Waals surface area contributed by atoms with E-state index >= 15 is 0 Å². The first-order valence-electron chi connectivity index (χ1n) is 4.89. The van der Waals surface area contributed by atoms with Crippen LogP contribution >= 0.6 is 0 Å². The van der Waals surface area contributed by atoms with E-state index in [-0.39, 0.29) is 0 Å². The molecule has 0 aliphatic rings. The Labute approximate surface area is 83.5 Å². The maximum atomic E-state index is 4.80. The van der Waals surface area contributed by atoms with Gasteiger partial charge in [-0.3, -0.25) is 0 Å². The van der Waals surface area contributed by atoms with Crippen molar-refractivity contribution < 1.29 is 4.52 Å². The maximum absolute atomic E-state index is 4.80. The molecule has 0 fully saturated rings. The minimum Gasteiger partial charge on any atom is -0.364 e. The Bertz CT molecular complexity index is 375. The van der Waals surface area contributed by atoms with E-state index in [9.17, 15) is 0 Å². The van der Waals surface area contributed by atoms with Crippen LogP contribution in [0.3, 0.4) is 0 Å². The summed E-state index contributed by atoms with van der Waals surface area (Å²) < 4.78 is 4.80. The maximum Gasteiger partial charge on any atom is 0.131 e. The summed E-state index contributed by atoms with van der Waals surface area (Å²) in [6, 6.07) is 8.53. The molecule has 14 heavy (non-hydrogen) atoms. The summed E-state index contributed by atoms with van der Waals surface area (Å²) >= 11 is 0. The molecule has 72 valence electrons. The lowest BCUT2D eigenvalue weighted by Gasteiger charge is -1.99. The Morgan fingerprint density at radius 1 is 1.14 bits per heavy atom. The minimum absolute atomic E-state index is 1.04. The van der Waals surface area contributed by atoms with Crippen molar-refractivity contribution in [2.45, 2.75) is 19.8 Å². The molecule has 2 aromatic rings. The van der Waals surface area contributed by atoms with E-state index in [0.29, 0.717) is 0 Å². The van der Waals surface area contributed by atoms with Crippen molar-refractivity contribution in [1.29, 1.82) is 0 Å². The molecule has 1 heterocycles. The topological polar surface area (TPSA) is 26.0 Å². The van der Waals surface area contributed by atoms with Gasteiger partial charge < -0.3 is 4.52 Å². The van der Waals surface area contributed by atoms with E-state index in [0.717, 1.165) is 17.5 Å². The van der Waals surface area contributed by atoms with E-state index in [1.165, 1.54) is 12.0 Å². The van der Waals surface area contributed by atoms with Gasteiger partial charge in [0.2, 0.25) is 0 Å². The van der Waals surface area contributed by atoms with Crippen LogP contribution in [0, 0.1) is 0 Å². The lowest BCUT2D eigenvalue weighted by molar-refractivity contribution is 0.420. The Balaban J connectivity index is 2.22. The molecule has 1 aromatic heterocycles. The first-order chi connectivity index (χ1) is 6.90. The fourth-order valence-corrected chi connectivity index (χ4v) is 1.50. The lowest BCUT2D eigenvalue weighted by Crippen LogP contribution is -1.82. The fourth-order valence-electron chi connectivity index (χ4n) is 1.50. The molecule has 0 atom stereocenters. The second-order valence-electron chi connectivity index (χ2n) is 3.36. The van der Waals surface area contributed by atoms with Gasteiger partial charge in [0.25, 0.3) is 0 Å². The normalized spacial score (nSPS) is 10.4. The van der Waals surface area contributed by atoms with Crippen LogP contribution in [0.15, 0.2) is 41.2 Å². The average Bonchev–Trinajstić information content (AvgIpc) is 2.72. The van der Waals surface area contributed by atoms with E-state index in [2.05, 4.69) is 36.3 Å². The number of rotatable bonds is 3. The van der Waals surface area contributed by atoms with Gasteiger partial charge in [-0.1, -0.05) is 42.8 Å². The van der Waals surface area contributed by atoms with Crippen LogP contribution in [-0.4, -0.2) is 5.16 Å². The van der Waals surface area contributed by atoms with Crippen molar-refractivity contribution in [2.75, 3.05) is 0 Å². The smallest absolute Gasteiger partial charge is 0.131 e. The third-order valence-electron chi connectivity index (χ3n) is 2.26. The summed E-state index contributed by atoms with van der Waals surface area (Å²) in [4.78, 5) is 0. The molecule has 2 nitrogen and oxygen atoms in total. The largest absolute Gasteiger partial charge is 0.364 e. The van der Waals surface area contributed by atoms with Crippen LogP contribution in [0.4, 0.5) is 0 Å². The highest BCUT2D eigenvalue weighted by Crippen LogP contribution is 2.19. The molecule has 0 aliphatic carbocycles. The van der Waals surface area contributed by atoms with Gasteiger partial charge >= 0.3 is 0 Å². The van der Waals surface area contributed by atoms with Crippen molar-refractivity contribution in [1.82, 2.24) is 5.16 Å². The quantitative estimate of drug-likeness (QED) is 0.736. The minimum atomic E-state index is 1.04. The average molecular weight is 187 g/mol. The predicted molar refractivity (Wildman–Crippen MR) is 55.9 cm³/mol. The highest BCUT2D eigenvalue weighted by atomic mass is 16.5. The van der Waals surface area contributed by atoms with Crippen LogP contribution < -0.4 is 0 Å². The summed E-state index contributed by atoms with van der Waals surface area (Å²) in [5, 5.41) is 3.68. The summed E-state index contributed by atoms with van der Waals surface area (Å²) in [5.74, 6) is 0. The second-order valence-corrected chi connectivity index (χ2v) is 3.36. The van der Waals surface area contributed by atoms with E-state index in [4.69, 9.17) is 4.52 Å². The molecule has 2 heteroatoms. The molecule has 1 aromatic carbocycles. The molecule has 0 N–H and O–H groups in total. The standard InChI is InChI=1S/C12H13NO/c1-2-3-10-4-6-11(7-5-10)12-8-13-14-9-12/h4-9H,2-3H2,1H3. The van der Waals surface area contributed by atoms with Gasteiger partial charge in [0.15, 0.2) is 0 Å². The van der Waals surface area contributed by atoms with Crippen molar-refractivity contribution >= 4 is 0 Å². The first-order valence-corrected chi connectivity index (χ1v) is 4.89. The molecule has 0 amide bonds. The molecule has 0 radical (unpaired) electrons. The molecule has 0 unspecified atom stereocenters. The Hall–Kier alpha value is -1.57. The van der Waals surface area contributed by atoms with Gasteiger partial charge in [-0.25, -0.2) is 0 Å². The molecule has 2 rings (SSSR count). The fraction of sp³-hybridized carbons (Fsp3) is 0.250.